The number of anilines is 1. The van der Waals surface area contributed by atoms with Gasteiger partial charge in [0.1, 0.15) is 11.3 Å². The summed E-state index contributed by atoms with van der Waals surface area (Å²) < 4.78 is 10.4. The first kappa shape index (κ1) is 11.8. The maximum atomic E-state index is 12.1. The van der Waals surface area contributed by atoms with Gasteiger partial charge in [-0.3, -0.25) is 4.79 Å². The highest BCUT2D eigenvalue weighted by atomic mass is 16.5. The van der Waals surface area contributed by atoms with E-state index in [-0.39, 0.29) is 17.4 Å². The Bertz CT molecular complexity index is 610. The Morgan fingerprint density at radius 2 is 2.32 bits per heavy atom. The minimum Gasteiger partial charge on any atom is -0.460 e. The lowest BCUT2D eigenvalue weighted by atomic mass is 10.2. The molecule has 2 aromatic rings. The van der Waals surface area contributed by atoms with Crippen molar-refractivity contribution in [1.29, 1.82) is 0 Å². The largest absolute Gasteiger partial charge is 0.460 e. The van der Waals surface area contributed by atoms with Gasteiger partial charge in [-0.15, -0.1) is 0 Å². The average molecular weight is 261 g/mol. The molecule has 0 aromatic carbocycles. The number of aromatic nitrogens is 1. The molecule has 3 rings (SSSR count). The van der Waals surface area contributed by atoms with Gasteiger partial charge in [0.2, 0.25) is 5.88 Å². The summed E-state index contributed by atoms with van der Waals surface area (Å²) in [5, 5.41) is 6.65. The van der Waals surface area contributed by atoms with Crippen LogP contribution in [0.4, 0.5) is 5.88 Å². The topological polar surface area (TPSA) is 94.3 Å². The van der Waals surface area contributed by atoms with Gasteiger partial charge >= 0.3 is 0 Å². The minimum absolute atomic E-state index is 0.0114. The maximum Gasteiger partial charge on any atom is 0.259 e. The summed E-state index contributed by atoms with van der Waals surface area (Å²) in [5.74, 6) is 1.56. The lowest BCUT2D eigenvalue weighted by molar-refractivity contribution is 0.0952. The Morgan fingerprint density at radius 1 is 1.53 bits per heavy atom. The molecule has 0 saturated heterocycles. The van der Waals surface area contributed by atoms with Crippen molar-refractivity contribution in [1.82, 2.24) is 10.5 Å². The summed E-state index contributed by atoms with van der Waals surface area (Å²) in [4.78, 5) is 12.1. The van der Waals surface area contributed by atoms with Crippen LogP contribution in [-0.4, -0.2) is 17.6 Å². The van der Waals surface area contributed by atoms with Crippen LogP contribution >= 0.6 is 0 Å². The van der Waals surface area contributed by atoms with Gasteiger partial charge in [-0.25, -0.2) is 0 Å². The van der Waals surface area contributed by atoms with E-state index in [4.69, 9.17) is 14.7 Å². The molecule has 6 nitrogen and oxygen atoms in total. The maximum absolute atomic E-state index is 12.1. The number of furan rings is 1. The lowest BCUT2D eigenvalue weighted by Crippen LogP contribution is -2.26. The predicted octanol–water partition coefficient (Wildman–Crippen LogP) is 1.97. The molecule has 1 amide bonds. The summed E-state index contributed by atoms with van der Waals surface area (Å²) in [6, 6.07) is 3.54. The zero-order valence-corrected chi connectivity index (χ0v) is 10.6. The molecule has 0 aliphatic heterocycles. The first-order valence-electron chi connectivity index (χ1n) is 6.25. The van der Waals surface area contributed by atoms with Gasteiger partial charge in [0.15, 0.2) is 11.5 Å². The number of nitrogens with one attached hydrogen (secondary N) is 1. The average Bonchev–Trinajstić information content (AvgIpc) is 3.00. The van der Waals surface area contributed by atoms with Gasteiger partial charge in [-0.2, -0.15) is 0 Å². The molecular formula is C13H15N3O3. The molecule has 1 aliphatic rings. The van der Waals surface area contributed by atoms with Crippen molar-refractivity contribution in [2.75, 3.05) is 12.3 Å². The molecule has 1 fully saturated rings. The second-order valence-electron chi connectivity index (χ2n) is 4.83. The van der Waals surface area contributed by atoms with Crippen LogP contribution in [0.2, 0.25) is 0 Å². The SMILES string of the molecule is Cc1ccc(-c2noc(N)c2C(=O)NCC2CC2)o1. The number of hydrogen-bond acceptors (Lipinski definition) is 5. The van der Waals surface area contributed by atoms with Crippen LogP contribution in [0, 0.1) is 12.8 Å². The highest BCUT2D eigenvalue weighted by molar-refractivity contribution is 6.03. The third kappa shape index (κ3) is 2.33. The van der Waals surface area contributed by atoms with Gasteiger partial charge < -0.3 is 20.0 Å². The van der Waals surface area contributed by atoms with Crippen LogP contribution in [0.1, 0.15) is 29.0 Å². The van der Waals surface area contributed by atoms with Crippen molar-refractivity contribution in [2.24, 2.45) is 5.92 Å². The van der Waals surface area contributed by atoms with Gasteiger partial charge in [0.05, 0.1) is 0 Å². The second kappa shape index (κ2) is 4.46. The van der Waals surface area contributed by atoms with Crippen LogP contribution in [0.3, 0.4) is 0 Å². The molecule has 19 heavy (non-hydrogen) atoms. The molecule has 0 radical (unpaired) electrons. The number of nitrogens with two attached hydrogens (primary N) is 1. The Balaban J connectivity index is 1.86. The van der Waals surface area contributed by atoms with Crippen molar-refractivity contribution in [3.8, 4) is 11.5 Å². The van der Waals surface area contributed by atoms with E-state index in [1.165, 1.54) is 12.8 Å². The van der Waals surface area contributed by atoms with Crippen LogP contribution < -0.4 is 11.1 Å². The van der Waals surface area contributed by atoms with E-state index in [9.17, 15) is 4.79 Å². The van der Waals surface area contributed by atoms with Crippen molar-refractivity contribution in [3.63, 3.8) is 0 Å². The monoisotopic (exact) mass is 261 g/mol. The molecule has 3 N–H and O–H groups in total. The number of rotatable bonds is 4. The second-order valence-corrected chi connectivity index (χ2v) is 4.83. The van der Waals surface area contributed by atoms with E-state index in [0.29, 0.717) is 23.9 Å². The first-order valence-corrected chi connectivity index (χ1v) is 6.25. The number of carbonyl (C=O) groups is 1. The molecule has 100 valence electrons. The van der Waals surface area contributed by atoms with E-state index in [1.54, 1.807) is 12.1 Å². The Kier molecular flexibility index (Phi) is 2.77. The lowest BCUT2D eigenvalue weighted by Gasteiger charge is -2.03. The highest BCUT2D eigenvalue weighted by Crippen LogP contribution is 2.30. The number of nitrogens with zero attached hydrogens (tertiary/aromatic N) is 1. The molecule has 0 unspecified atom stereocenters. The van der Waals surface area contributed by atoms with Crippen molar-refractivity contribution < 1.29 is 13.7 Å². The Morgan fingerprint density at radius 3 is 2.95 bits per heavy atom. The van der Waals surface area contributed by atoms with Crippen LogP contribution in [0.5, 0.6) is 0 Å². The number of hydrogen-bond donors (Lipinski definition) is 2. The zero-order valence-electron chi connectivity index (χ0n) is 10.6. The highest BCUT2D eigenvalue weighted by Gasteiger charge is 2.27. The molecule has 0 bridgehead atoms. The van der Waals surface area contributed by atoms with Crippen LogP contribution in [-0.2, 0) is 0 Å². The Labute approximate surface area is 109 Å². The van der Waals surface area contributed by atoms with Crippen molar-refractivity contribution >= 4 is 11.8 Å². The summed E-state index contributed by atoms with van der Waals surface area (Å²) in [6.07, 6.45) is 2.34. The number of nitrogen functional groups attached to an aromatic ring is 1. The molecule has 0 spiro atoms. The summed E-state index contributed by atoms with van der Waals surface area (Å²) in [7, 11) is 0. The van der Waals surface area contributed by atoms with E-state index in [0.717, 1.165) is 5.76 Å². The Hall–Kier alpha value is -2.24. The summed E-state index contributed by atoms with van der Waals surface area (Å²) in [5.41, 5.74) is 6.27. The van der Waals surface area contributed by atoms with E-state index >= 15 is 0 Å². The third-order valence-electron chi connectivity index (χ3n) is 3.17. The summed E-state index contributed by atoms with van der Waals surface area (Å²) >= 11 is 0. The van der Waals surface area contributed by atoms with Gasteiger partial charge in [0.25, 0.3) is 5.91 Å². The van der Waals surface area contributed by atoms with Gasteiger partial charge in [0, 0.05) is 6.54 Å². The first-order chi connectivity index (χ1) is 9.15. The number of amides is 1. The zero-order chi connectivity index (χ0) is 13.4. The number of carbonyl (C=O) groups excluding carboxylic acids is 1. The smallest absolute Gasteiger partial charge is 0.259 e. The number of aryl methyl sites for hydroxylation is 1. The van der Waals surface area contributed by atoms with Crippen molar-refractivity contribution in [3.05, 3.63) is 23.5 Å². The van der Waals surface area contributed by atoms with E-state index < -0.39 is 0 Å². The minimum atomic E-state index is -0.269. The fraction of sp³-hybridized carbons (Fsp3) is 0.385. The molecule has 1 saturated carbocycles. The fourth-order valence-corrected chi connectivity index (χ4v) is 1.90. The third-order valence-corrected chi connectivity index (χ3v) is 3.17. The predicted molar refractivity (Wildman–Crippen MR) is 68.4 cm³/mol. The molecule has 0 atom stereocenters. The normalized spacial score (nSPS) is 14.6. The van der Waals surface area contributed by atoms with Crippen molar-refractivity contribution in [2.45, 2.75) is 19.8 Å². The van der Waals surface area contributed by atoms with Gasteiger partial charge in [-0.1, -0.05) is 5.16 Å². The molecule has 1 aliphatic carbocycles. The van der Waals surface area contributed by atoms with E-state index in [1.807, 2.05) is 6.92 Å². The van der Waals surface area contributed by atoms with Crippen LogP contribution in [0.15, 0.2) is 21.1 Å². The molecular weight excluding hydrogens is 246 g/mol. The fourth-order valence-electron chi connectivity index (χ4n) is 1.90. The molecule has 2 aromatic heterocycles. The standard InChI is InChI=1S/C13H15N3O3/c1-7-2-5-9(18-7)11-10(12(14)19-16-11)13(17)15-6-8-3-4-8/h2,5,8H,3-4,6,14H2,1H3,(H,15,17). The van der Waals surface area contributed by atoms with Gasteiger partial charge in [-0.05, 0) is 37.8 Å². The quantitative estimate of drug-likeness (QED) is 0.877. The van der Waals surface area contributed by atoms with Crippen LogP contribution in [0.25, 0.3) is 11.5 Å². The van der Waals surface area contributed by atoms with E-state index in [2.05, 4.69) is 10.5 Å². The molecule has 6 heteroatoms. The molecule has 2 heterocycles. The summed E-state index contributed by atoms with van der Waals surface area (Å²) in [6.45, 7) is 2.49.